The molecule has 2 aromatic rings. The Morgan fingerprint density at radius 1 is 1.31 bits per heavy atom. The number of aliphatic carboxylic acids is 1. The highest BCUT2D eigenvalue weighted by atomic mass is 32.1. The summed E-state index contributed by atoms with van der Waals surface area (Å²) in [6, 6.07) is 7.18. The van der Waals surface area contributed by atoms with Crippen LogP contribution in [0.3, 0.4) is 0 Å². The van der Waals surface area contributed by atoms with Gasteiger partial charge >= 0.3 is 5.97 Å². The van der Waals surface area contributed by atoms with Gasteiger partial charge in [0.1, 0.15) is 0 Å². The maximum Gasteiger partial charge on any atom is 0.353 e. The maximum absolute atomic E-state index is 11.3. The standard InChI is InChI=1S/C11H10O3S2/c1-11(10(12)13,8-4-2-6-15-8)14-9-5-3-7-16-9/h2-7H,1H3,(H,12,13). The van der Waals surface area contributed by atoms with E-state index in [4.69, 9.17) is 4.74 Å². The summed E-state index contributed by atoms with van der Waals surface area (Å²) >= 11 is 2.76. The van der Waals surface area contributed by atoms with Gasteiger partial charge in [-0.15, -0.1) is 22.7 Å². The third-order valence-electron chi connectivity index (χ3n) is 2.20. The van der Waals surface area contributed by atoms with Crippen molar-refractivity contribution in [3.8, 4) is 5.06 Å². The van der Waals surface area contributed by atoms with Gasteiger partial charge in [-0.1, -0.05) is 6.07 Å². The molecule has 0 amide bonds. The van der Waals surface area contributed by atoms with Crippen molar-refractivity contribution in [3.63, 3.8) is 0 Å². The zero-order valence-corrected chi connectivity index (χ0v) is 10.2. The molecule has 0 fully saturated rings. The summed E-state index contributed by atoms with van der Waals surface area (Å²) in [7, 11) is 0. The molecule has 0 aliphatic rings. The van der Waals surface area contributed by atoms with Crippen molar-refractivity contribution in [2.45, 2.75) is 12.5 Å². The quantitative estimate of drug-likeness (QED) is 0.911. The largest absolute Gasteiger partial charge is 0.478 e. The predicted octanol–water partition coefficient (Wildman–Crippen LogP) is 3.19. The first kappa shape index (κ1) is 11.2. The van der Waals surface area contributed by atoms with Gasteiger partial charge in [-0.05, 0) is 35.9 Å². The lowest BCUT2D eigenvalue weighted by Gasteiger charge is -2.23. The molecule has 1 atom stereocenters. The van der Waals surface area contributed by atoms with Crippen LogP contribution in [0, 0.1) is 0 Å². The Kier molecular flexibility index (Phi) is 2.98. The topological polar surface area (TPSA) is 46.5 Å². The molecular weight excluding hydrogens is 244 g/mol. The summed E-state index contributed by atoms with van der Waals surface area (Å²) in [6.45, 7) is 1.57. The van der Waals surface area contributed by atoms with Gasteiger partial charge < -0.3 is 9.84 Å². The Balaban J connectivity index is 2.33. The van der Waals surface area contributed by atoms with Crippen molar-refractivity contribution in [3.05, 3.63) is 39.9 Å². The van der Waals surface area contributed by atoms with Crippen LogP contribution in [0.4, 0.5) is 0 Å². The van der Waals surface area contributed by atoms with Crippen LogP contribution in [0.15, 0.2) is 35.0 Å². The van der Waals surface area contributed by atoms with Crippen LogP contribution in [0.5, 0.6) is 5.06 Å². The first-order chi connectivity index (χ1) is 7.63. The molecule has 3 nitrogen and oxygen atoms in total. The Labute approximate surface area is 101 Å². The number of thiophene rings is 2. The van der Waals surface area contributed by atoms with Gasteiger partial charge in [0.05, 0.1) is 4.88 Å². The Morgan fingerprint density at radius 3 is 2.50 bits per heavy atom. The summed E-state index contributed by atoms with van der Waals surface area (Å²) in [5, 5.41) is 13.6. The van der Waals surface area contributed by atoms with Gasteiger partial charge in [-0.25, -0.2) is 4.79 Å². The number of carbonyl (C=O) groups is 1. The summed E-state index contributed by atoms with van der Waals surface area (Å²) in [5.74, 6) is -0.983. The highest BCUT2D eigenvalue weighted by Crippen LogP contribution is 2.33. The fourth-order valence-corrected chi connectivity index (χ4v) is 2.75. The number of carboxylic acids is 1. The number of carboxylic acid groups (broad SMARTS) is 1. The first-order valence-corrected chi connectivity index (χ1v) is 6.39. The Bertz CT molecular complexity index is 461. The molecule has 0 aromatic carbocycles. The molecule has 16 heavy (non-hydrogen) atoms. The Hall–Kier alpha value is -1.33. The molecule has 2 heterocycles. The van der Waals surface area contributed by atoms with E-state index in [1.807, 2.05) is 22.9 Å². The summed E-state index contributed by atoms with van der Waals surface area (Å²) in [5.41, 5.74) is -1.31. The SMILES string of the molecule is CC(Oc1cccs1)(C(=O)O)c1cccs1. The van der Waals surface area contributed by atoms with E-state index in [0.717, 1.165) is 0 Å². The number of hydrogen-bond donors (Lipinski definition) is 1. The molecule has 0 saturated carbocycles. The van der Waals surface area contributed by atoms with Crippen LogP contribution in [0.2, 0.25) is 0 Å². The van der Waals surface area contributed by atoms with E-state index in [1.165, 1.54) is 22.7 Å². The number of ether oxygens (including phenoxy) is 1. The van der Waals surface area contributed by atoms with Crippen molar-refractivity contribution < 1.29 is 14.6 Å². The van der Waals surface area contributed by atoms with E-state index in [9.17, 15) is 9.90 Å². The first-order valence-electron chi connectivity index (χ1n) is 4.63. The molecule has 5 heteroatoms. The molecule has 0 radical (unpaired) electrons. The second kappa shape index (κ2) is 4.27. The summed E-state index contributed by atoms with van der Waals surface area (Å²) in [6.07, 6.45) is 0. The lowest BCUT2D eigenvalue weighted by atomic mass is 10.1. The number of rotatable bonds is 4. The van der Waals surface area contributed by atoms with Crippen molar-refractivity contribution in [2.75, 3.05) is 0 Å². The van der Waals surface area contributed by atoms with Crippen LogP contribution in [-0.4, -0.2) is 11.1 Å². The molecule has 0 aliphatic heterocycles. The van der Waals surface area contributed by atoms with Crippen molar-refractivity contribution >= 4 is 28.6 Å². The van der Waals surface area contributed by atoms with Gasteiger partial charge in [0.2, 0.25) is 5.60 Å². The molecule has 2 aromatic heterocycles. The number of hydrogen-bond acceptors (Lipinski definition) is 4. The minimum absolute atomic E-state index is 0.610. The van der Waals surface area contributed by atoms with Crippen LogP contribution in [-0.2, 0) is 10.4 Å². The average molecular weight is 254 g/mol. The second-order valence-corrected chi connectivity index (χ2v) is 5.21. The minimum atomic E-state index is -1.31. The smallest absolute Gasteiger partial charge is 0.353 e. The van der Waals surface area contributed by atoms with Crippen LogP contribution < -0.4 is 4.74 Å². The van der Waals surface area contributed by atoms with E-state index in [0.29, 0.717) is 9.94 Å². The molecule has 0 spiro atoms. The molecule has 2 rings (SSSR count). The molecule has 0 saturated heterocycles. The van der Waals surface area contributed by atoms with E-state index < -0.39 is 11.6 Å². The minimum Gasteiger partial charge on any atom is -0.478 e. The normalized spacial score (nSPS) is 14.3. The lowest BCUT2D eigenvalue weighted by Crippen LogP contribution is -2.37. The van der Waals surface area contributed by atoms with Gasteiger partial charge in [0.25, 0.3) is 0 Å². The summed E-state index contributed by atoms with van der Waals surface area (Å²) < 4.78 is 5.58. The van der Waals surface area contributed by atoms with Crippen LogP contribution >= 0.6 is 22.7 Å². The van der Waals surface area contributed by atoms with Gasteiger partial charge in [-0.2, -0.15) is 0 Å². The van der Waals surface area contributed by atoms with Crippen molar-refractivity contribution in [1.82, 2.24) is 0 Å². The Morgan fingerprint density at radius 2 is 2.00 bits per heavy atom. The van der Waals surface area contributed by atoms with Gasteiger partial charge in [0.15, 0.2) is 5.06 Å². The molecule has 84 valence electrons. The van der Waals surface area contributed by atoms with E-state index in [2.05, 4.69) is 0 Å². The molecule has 0 bridgehead atoms. The maximum atomic E-state index is 11.3. The van der Waals surface area contributed by atoms with Crippen molar-refractivity contribution in [1.29, 1.82) is 0 Å². The highest BCUT2D eigenvalue weighted by molar-refractivity contribution is 7.12. The van der Waals surface area contributed by atoms with E-state index in [1.54, 1.807) is 19.1 Å². The van der Waals surface area contributed by atoms with Crippen molar-refractivity contribution in [2.24, 2.45) is 0 Å². The fourth-order valence-electron chi connectivity index (χ4n) is 1.27. The summed E-state index contributed by atoms with van der Waals surface area (Å²) in [4.78, 5) is 12.0. The van der Waals surface area contributed by atoms with Crippen LogP contribution in [0.25, 0.3) is 0 Å². The molecule has 1 unspecified atom stereocenters. The van der Waals surface area contributed by atoms with Gasteiger partial charge in [0, 0.05) is 0 Å². The third kappa shape index (κ3) is 1.96. The zero-order valence-electron chi connectivity index (χ0n) is 8.54. The molecular formula is C11H10O3S2. The zero-order chi connectivity index (χ0) is 11.6. The molecule has 1 N–H and O–H groups in total. The van der Waals surface area contributed by atoms with E-state index >= 15 is 0 Å². The van der Waals surface area contributed by atoms with Gasteiger partial charge in [-0.3, -0.25) is 0 Å². The second-order valence-electron chi connectivity index (χ2n) is 3.35. The van der Waals surface area contributed by atoms with Crippen LogP contribution in [0.1, 0.15) is 11.8 Å². The predicted molar refractivity (Wildman–Crippen MR) is 64.3 cm³/mol. The third-order valence-corrected chi connectivity index (χ3v) is 4.02. The molecule has 0 aliphatic carbocycles. The monoisotopic (exact) mass is 254 g/mol. The average Bonchev–Trinajstić information content (AvgIpc) is 2.88. The van der Waals surface area contributed by atoms with E-state index in [-0.39, 0.29) is 0 Å². The fraction of sp³-hybridized carbons (Fsp3) is 0.182. The lowest BCUT2D eigenvalue weighted by molar-refractivity contribution is -0.154. The highest BCUT2D eigenvalue weighted by Gasteiger charge is 2.39.